The Morgan fingerprint density at radius 3 is 2.69 bits per heavy atom. The molecule has 8 rings (SSSR count). The van der Waals surface area contributed by atoms with E-state index in [9.17, 15) is 13.2 Å². The van der Waals surface area contributed by atoms with E-state index in [1.165, 1.54) is 11.1 Å². The Morgan fingerprint density at radius 2 is 1.91 bits per heavy atom. The van der Waals surface area contributed by atoms with E-state index in [-0.39, 0.29) is 28.7 Å². The van der Waals surface area contributed by atoms with Crippen LogP contribution in [0.5, 0.6) is 5.75 Å². The maximum atomic E-state index is 13.7. The van der Waals surface area contributed by atoms with Crippen molar-refractivity contribution in [2.75, 3.05) is 58.0 Å². The van der Waals surface area contributed by atoms with E-state index in [1.54, 1.807) is 20.1 Å². The molecule has 2 bridgehead atoms. The molecule has 2 fully saturated rings. The molecule has 1 saturated heterocycles. The van der Waals surface area contributed by atoms with Crippen LogP contribution in [0.4, 0.5) is 5.69 Å². The van der Waals surface area contributed by atoms with Crippen LogP contribution < -0.4 is 14.4 Å². The Kier molecular flexibility index (Phi) is 10.8. The number of fused-ring (bicyclic) bond motifs is 4. The maximum absolute atomic E-state index is 13.7. The summed E-state index contributed by atoms with van der Waals surface area (Å²) >= 11 is 6.51. The van der Waals surface area contributed by atoms with Crippen molar-refractivity contribution in [3.63, 3.8) is 0 Å². The molecule has 0 unspecified atom stereocenters. The Balaban J connectivity index is 1.22. The van der Waals surface area contributed by atoms with Crippen LogP contribution in [-0.2, 0) is 43.5 Å². The number of nitrogens with zero attached hydrogens (tertiary/aromatic N) is 3. The van der Waals surface area contributed by atoms with Gasteiger partial charge in [0.2, 0.25) is 10.0 Å². The number of halogens is 1. The lowest BCUT2D eigenvalue weighted by molar-refractivity contribution is -0.0807. The number of hydrogen-bond acceptors (Lipinski definition) is 9. The molecule has 1 spiro atoms. The Bertz CT molecular complexity index is 2060. The van der Waals surface area contributed by atoms with Gasteiger partial charge in [-0.15, -0.1) is 0 Å². The lowest BCUT2D eigenvalue weighted by Crippen LogP contribution is -2.52. The van der Waals surface area contributed by atoms with Crippen LogP contribution >= 0.6 is 11.6 Å². The number of amides is 1. The van der Waals surface area contributed by atoms with Crippen molar-refractivity contribution < 1.29 is 27.4 Å². The minimum atomic E-state index is -4.00. The molecule has 2 aromatic carbocycles. The highest BCUT2D eigenvalue weighted by Crippen LogP contribution is 2.52. The number of pyridine rings is 1. The number of benzene rings is 2. The number of allylic oxidation sites excluding steroid dienone is 1. The number of anilines is 1. The molecule has 1 saturated carbocycles. The Hall–Kier alpha value is -3.48. The predicted octanol–water partition coefficient (Wildman–Crippen LogP) is 6.65. The molecule has 1 aromatic heterocycles. The molecule has 294 valence electrons. The van der Waals surface area contributed by atoms with Gasteiger partial charge in [0.25, 0.3) is 5.91 Å². The van der Waals surface area contributed by atoms with Crippen LogP contribution in [0.1, 0.15) is 78.6 Å². The van der Waals surface area contributed by atoms with Gasteiger partial charge in [-0.3, -0.25) is 14.7 Å². The zero-order valence-electron chi connectivity index (χ0n) is 32.1. The summed E-state index contributed by atoms with van der Waals surface area (Å²) in [5, 5.41) is -0.0842. The molecule has 1 amide bonds. The molecule has 55 heavy (non-hydrogen) atoms. The van der Waals surface area contributed by atoms with Crippen LogP contribution in [-0.4, -0.2) is 82.6 Å². The van der Waals surface area contributed by atoms with Crippen LogP contribution in [0.25, 0.3) is 0 Å². The van der Waals surface area contributed by atoms with Gasteiger partial charge in [-0.05, 0) is 110 Å². The molecule has 4 heterocycles. The minimum Gasteiger partial charge on any atom is -0.490 e. The number of carbonyl (C=O) groups excluding carboxylic acids is 1. The van der Waals surface area contributed by atoms with Gasteiger partial charge in [0.05, 0.1) is 30.8 Å². The van der Waals surface area contributed by atoms with Crippen LogP contribution in [0.3, 0.4) is 0 Å². The summed E-state index contributed by atoms with van der Waals surface area (Å²) in [5.74, 6) is 0.143. The first kappa shape index (κ1) is 38.4. The van der Waals surface area contributed by atoms with Gasteiger partial charge in [-0.1, -0.05) is 36.7 Å². The largest absolute Gasteiger partial charge is 0.490 e. The smallest absolute Gasteiger partial charge is 0.264 e. The second kappa shape index (κ2) is 15.5. The summed E-state index contributed by atoms with van der Waals surface area (Å²) in [5.41, 5.74) is 4.64. The molecule has 5 aliphatic rings. The summed E-state index contributed by atoms with van der Waals surface area (Å²) < 4.78 is 48.8. The topological polar surface area (TPSA) is 110 Å². The lowest BCUT2D eigenvalue weighted by atomic mass is 9.62. The van der Waals surface area contributed by atoms with Crippen molar-refractivity contribution in [1.29, 1.82) is 0 Å². The summed E-state index contributed by atoms with van der Waals surface area (Å²) in [7, 11) is -2.20. The molecule has 10 nitrogen and oxygen atoms in total. The third-order valence-electron chi connectivity index (χ3n) is 13.2. The van der Waals surface area contributed by atoms with Gasteiger partial charge >= 0.3 is 0 Å². The fourth-order valence-corrected chi connectivity index (χ4v) is 11.2. The molecule has 12 heteroatoms. The molecule has 6 atom stereocenters. The number of aromatic nitrogens is 1. The molecular weight excluding hydrogens is 736 g/mol. The number of aryl methyl sites for hydroxylation is 1. The monoisotopic (exact) mass is 788 g/mol. The Labute approximate surface area is 330 Å². The highest BCUT2D eigenvalue weighted by atomic mass is 35.5. The van der Waals surface area contributed by atoms with E-state index in [0.29, 0.717) is 31.9 Å². The summed E-state index contributed by atoms with van der Waals surface area (Å²) in [6.45, 7) is 9.46. The quantitative estimate of drug-likeness (QED) is 0.291. The van der Waals surface area contributed by atoms with Crippen molar-refractivity contribution in [3.05, 3.63) is 99.9 Å². The zero-order chi connectivity index (χ0) is 38.4. The van der Waals surface area contributed by atoms with Gasteiger partial charge in [0.1, 0.15) is 11.4 Å². The fraction of sp³-hybridized carbons (Fsp3) is 0.535. The van der Waals surface area contributed by atoms with Crippen LogP contribution in [0.15, 0.2) is 67.0 Å². The predicted molar refractivity (Wildman–Crippen MR) is 214 cm³/mol. The highest BCUT2D eigenvalue weighted by molar-refractivity contribution is 7.90. The number of hydrogen-bond donors (Lipinski definition) is 1. The second-order valence-corrected chi connectivity index (χ2v) is 19.0. The normalized spacial score (nSPS) is 31.6. The van der Waals surface area contributed by atoms with E-state index in [0.717, 1.165) is 86.8 Å². The van der Waals surface area contributed by atoms with Gasteiger partial charge in [0.15, 0.2) is 0 Å². The first-order valence-corrected chi connectivity index (χ1v) is 21.8. The third kappa shape index (κ3) is 7.43. The average Bonchev–Trinajstić information content (AvgIpc) is 3.32. The van der Waals surface area contributed by atoms with Gasteiger partial charge in [-0.25, -0.2) is 13.1 Å². The van der Waals surface area contributed by atoms with Crippen LogP contribution in [0.2, 0.25) is 5.02 Å². The lowest BCUT2D eigenvalue weighted by Gasteiger charge is -2.50. The SMILES string of the molecule is CO[C@@]1(c2cncc(CN3CCOCC3)c2)/C=C/C[C@H](C)[C@@H](C)S(=O)(=O)NC(=O)c2ccc3c(c2)N(C[C@@H]2CC[C@H]21)C[C@@]1(CCCc2cc(Cl)ccc21)CO3. The van der Waals surface area contributed by atoms with Crippen molar-refractivity contribution in [1.82, 2.24) is 14.6 Å². The van der Waals surface area contributed by atoms with Crippen LogP contribution in [0, 0.1) is 17.8 Å². The molecule has 3 aromatic rings. The van der Waals surface area contributed by atoms with E-state index in [1.807, 2.05) is 37.5 Å². The first-order valence-electron chi connectivity index (χ1n) is 19.8. The van der Waals surface area contributed by atoms with Gasteiger partial charge in [0, 0.05) is 79.7 Å². The van der Waals surface area contributed by atoms with E-state index in [4.69, 9.17) is 30.8 Å². The number of methoxy groups -OCH3 is 1. The minimum absolute atomic E-state index is 0.117. The van der Waals surface area contributed by atoms with E-state index in [2.05, 4.69) is 44.9 Å². The van der Waals surface area contributed by atoms with Crippen molar-refractivity contribution >= 4 is 33.2 Å². The fourth-order valence-electron chi connectivity index (χ4n) is 9.70. The molecular formula is C43H53ClN4O6S. The number of carbonyl (C=O) groups is 1. The second-order valence-electron chi connectivity index (χ2n) is 16.5. The number of ether oxygens (including phenoxy) is 3. The summed E-state index contributed by atoms with van der Waals surface area (Å²) in [6.07, 6.45) is 13.5. The first-order chi connectivity index (χ1) is 26.5. The number of nitrogens with one attached hydrogen (secondary N) is 1. The number of sulfonamides is 1. The summed E-state index contributed by atoms with van der Waals surface area (Å²) in [4.78, 5) is 23.3. The molecule has 1 N–H and O–H groups in total. The molecule has 2 aliphatic carbocycles. The highest BCUT2D eigenvalue weighted by Gasteiger charge is 2.50. The van der Waals surface area contributed by atoms with Gasteiger partial charge in [-0.2, -0.15) is 0 Å². The Morgan fingerprint density at radius 1 is 1.07 bits per heavy atom. The van der Waals surface area contributed by atoms with E-state index < -0.39 is 26.8 Å². The van der Waals surface area contributed by atoms with Crippen molar-refractivity contribution in [3.8, 4) is 5.75 Å². The van der Waals surface area contributed by atoms with Crippen molar-refractivity contribution in [2.24, 2.45) is 17.8 Å². The molecule has 3 aliphatic heterocycles. The standard InChI is InChI=1S/C43H53ClN4O6S/c1-29-6-4-15-43(52-3,35-20-31(23-45-24-35)25-47-16-18-53-19-17-47)38-11-8-34(38)26-48-27-42(14-5-7-32-21-36(44)10-12-37(32)42)28-54-40-13-9-33(22-39(40)48)41(49)46-55(50,51)30(29)2/h4,9-10,12-13,15,20-24,29-30,34,38H,5-8,11,14,16-19,25-28H2,1-3H3,(H,46,49)/b15-4+/t29-,30+,34-,38+,42-,43+/m0/s1. The van der Waals surface area contributed by atoms with Crippen molar-refractivity contribution in [2.45, 2.75) is 75.2 Å². The van der Waals surface area contributed by atoms with E-state index >= 15 is 0 Å². The summed E-state index contributed by atoms with van der Waals surface area (Å²) in [6, 6.07) is 13.8. The third-order valence-corrected chi connectivity index (χ3v) is 15.4. The zero-order valence-corrected chi connectivity index (χ0v) is 33.7. The number of morpholine rings is 1. The number of rotatable bonds is 4. The molecule has 0 radical (unpaired) electrons. The average molecular weight is 789 g/mol. The maximum Gasteiger partial charge on any atom is 0.264 e. The van der Waals surface area contributed by atoms with Gasteiger partial charge < -0.3 is 19.1 Å².